The summed E-state index contributed by atoms with van der Waals surface area (Å²) in [6.45, 7) is 7.43. The number of benzene rings is 1. The van der Waals surface area contributed by atoms with Crippen LogP contribution in [0.2, 0.25) is 0 Å². The Labute approximate surface area is 133 Å². The number of aryl methyl sites for hydroxylation is 1. The maximum absolute atomic E-state index is 12.2. The second kappa shape index (κ2) is 6.32. The van der Waals surface area contributed by atoms with Gasteiger partial charge in [-0.1, -0.05) is 26.8 Å². The van der Waals surface area contributed by atoms with Crippen LogP contribution >= 0.6 is 0 Å². The van der Waals surface area contributed by atoms with Crippen LogP contribution < -0.4 is 5.46 Å². The maximum atomic E-state index is 12.2. The van der Waals surface area contributed by atoms with Crippen LogP contribution in [-0.4, -0.2) is 47.2 Å². The molecule has 7 heteroatoms. The number of hydrogen-bond donors (Lipinski definition) is 0. The van der Waals surface area contributed by atoms with Gasteiger partial charge in [0.15, 0.2) is 0 Å². The molecule has 1 saturated heterocycles. The first-order valence-electron chi connectivity index (χ1n) is 7.46. The Balaban J connectivity index is 2.32. The summed E-state index contributed by atoms with van der Waals surface area (Å²) < 4.78 is 37.3. The van der Waals surface area contributed by atoms with Crippen molar-refractivity contribution in [1.29, 1.82) is 0 Å². The van der Waals surface area contributed by atoms with E-state index in [0.29, 0.717) is 18.1 Å². The van der Waals surface area contributed by atoms with Crippen LogP contribution in [0, 0.1) is 5.41 Å². The van der Waals surface area contributed by atoms with Gasteiger partial charge in [0.05, 0.1) is 4.90 Å². The molecule has 122 valence electrons. The van der Waals surface area contributed by atoms with Gasteiger partial charge in [-0.05, 0) is 29.6 Å². The Morgan fingerprint density at radius 3 is 2.32 bits per heavy atom. The molecule has 0 saturated carbocycles. The predicted molar refractivity (Wildman–Crippen MR) is 87.8 cm³/mol. The van der Waals surface area contributed by atoms with Crippen molar-refractivity contribution in [3.05, 3.63) is 23.8 Å². The lowest BCUT2D eigenvalue weighted by molar-refractivity contribution is 0.0342. The Kier molecular flexibility index (Phi) is 5.01. The summed E-state index contributed by atoms with van der Waals surface area (Å²) in [5, 5.41) is 0. The van der Waals surface area contributed by atoms with E-state index in [2.05, 4.69) is 13.8 Å². The SMILES string of the molecule is CCc1cc(S(=O)(=O)N(C)C)ccc1B1OCC(C)(C)CO1. The van der Waals surface area contributed by atoms with Gasteiger partial charge in [0.1, 0.15) is 0 Å². The number of sulfonamides is 1. The highest BCUT2D eigenvalue weighted by Crippen LogP contribution is 2.22. The monoisotopic (exact) mass is 325 g/mol. The number of rotatable bonds is 4. The van der Waals surface area contributed by atoms with Crippen molar-refractivity contribution in [1.82, 2.24) is 4.31 Å². The normalized spacial score (nSPS) is 18.7. The average Bonchev–Trinajstić information content (AvgIpc) is 2.46. The molecule has 1 aromatic carbocycles. The first-order chi connectivity index (χ1) is 10.2. The highest BCUT2D eigenvalue weighted by atomic mass is 32.2. The highest BCUT2D eigenvalue weighted by molar-refractivity contribution is 7.89. The topological polar surface area (TPSA) is 55.8 Å². The molecule has 22 heavy (non-hydrogen) atoms. The van der Waals surface area contributed by atoms with Gasteiger partial charge in [-0.25, -0.2) is 12.7 Å². The molecule has 0 radical (unpaired) electrons. The highest BCUT2D eigenvalue weighted by Gasteiger charge is 2.35. The number of nitrogens with zero attached hydrogens (tertiary/aromatic N) is 1. The summed E-state index contributed by atoms with van der Waals surface area (Å²) in [5.41, 5.74) is 1.86. The van der Waals surface area contributed by atoms with Crippen LogP contribution in [0.1, 0.15) is 26.3 Å². The second-order valence-corrected chi connectivity index (χ2v) is 8.77. The van der Waals surface area contributed by atoms with Crippen molar-refractivity contribution in [2.24, 2.45) is 5.41 Å². The minimum absolute atomic E-state index is 0.0110. The molecule has 1 fully saturated rings. The van der Waals surface area contributed by atoms with E-state index in [-0.39, 0.29) is 5.41 Å². The van der Waals surface area contributed by atoms with Crippen LogP contribution in [0.25, 0.3) is 0 Å². The summed E-state index contributed by atoms with van der Waals surface area (Å²) in [6.07, 6.45) is 0.721. The Bertz CT molecular complexity index is 633. The number of hydrogen-bond acceptors (Lipinski definition) is 4. The van der Waals surface area contributed by atoms with Gasteiger partial charge in [-0.2, -0.15) is 0 Å². The fraction of sp³-hybridized carbons (Fsp3) is 0.600. The molecule has 0 spiro atoms. The minimum Gasteiger partial charge on any atom is -0.407 e. The molecule has 0 atom stereocenters. The van der Waals surface area contributed by atoms with Gasteiger partial charge in [0.25, 0.3) is 0 Å². The van der Waals surface area contributed by atoms with E-state index in [9.17, 15) is 8.42 Å². The molecule has 0 aliphatic carbocycles. The largest absolute Gasteiger partial charge is 0.494 e. The van der Waals surface area contributed by atoms with Gasteiger partial charge in [0, 0.05) is 32.7 Å². The zero-order valence-corrected chi connectivity index (χ0v) is 14.7. The van der Waals surface area contributed by atoms with Gasteiger partial charge in [-0.15, -0.1) is 0 Å². The molecular formula is C15H24BNO4S. The van der Waals surface area contributed by atoms with Gasteiger partial charge in [0.2, 0.25) is 10.0 Å². The lowest BCUT2D eigenvalue weighted by Crippen LogP contribution is -2.48. The lowest BCUT2D eigenvalue weighted by Gasteiger charge is -2.33. The third kappa shape index (κ3) is 3.54. The molecule has 1 aliphatic heterocycles. The van der Waals surface area contributed by atoms with Crippen molar-refractivity contribution in [3.8, 4) is 0 Å². The average molecular weight is 325 g/mol. The van der Waals surface area contributed by atoms with Crippen LogP contribution in [-0.2, 0) is 25.8 Å². The molecular weight excluding hydrogens is 301 g/mol. The van der Waals surface area contributed by atoms with E-state index in [1.165, 1.54) is 18.4 Å². The van der Waals surface area contributed by atoms with Crippen molar-refractivity contribution in [2.75, 3.05) is 27.3 Å². The van der Waals surface area contributed by atoms with Crippen LogP contribution in [0.3, 0.4) is 0 Å². The molecule has 0 unspecified atom stereocenters. The molecule has 1 aromatic rings. The maximum Gasteiger partial charge on any atom is 0.494 e. The zero-order valence-electron chi connectivity index (χ0n) is 13.9. The van der Waals surface area contributed by atoms with Crippen LogP contribution in [0.15, 0.2) is 23.1 Å². The minimum atomic E-state index is -3.42. The standard InChI is InChI=1S/C15H24BNO4S/c1-6-12-9-13(22(18,19)17(4)5)7-8-14(12)16-20-10-15(2,3)11-21-16/h7-9H,6,10-11H2,1-5H3. The molecule has 0 amide bonds. The van der Waals surface area contributed by atoms with E-state index in [4.69, 9.17) is 9.31 Å². The van der Waals surface area contributed by atoms with Gasteiger partial charge < -0.3 is 9.31 Å². The second-order valence-electron chi connectivity index (χ2n) is 6.62. The molecule has 1 aliphatic rings. The fourth-order valence-electron chi connectivity index (χ4n) is 2.36. The molecule has 5 nitrogen and oxygen atoms in total. The third-order valence-electron chi connectivity index (χ3n) is 3.78. The fourth-order valence-corrected chi connectivity index (χ4v) is 3.31. The van der Waals surface area contributed by atoms with Crippen molar-refractivity contribution in [3.63, 3.8) is 0 Å². The molecule has 0 bridgehead atoms. The van der Waals surface area contributed by atoms with Gasteiger partial charge in [-0.3, -0.25) is 0 Å². The van der Waals surface area contributed by atoms with E-state index < -0.39 is 17.1 Å². The molecule has 1 heterocycles. The lowest BCUT2D eigenvalue weighted by atomic mass is 9.73. The Morgan fingerprint density at radius 2 is 1.82 bits per heavy atom. The Hall–Kier alpha value is -0.885. The predicted octanol–water partition coefficient (Wildman–Crippen LogP) is 1.27. The van der Waals surface area contributed by atoms with Crippen molar-refractivity contribution in [2.45, 2.75) is 32.1 Å². The summed E-state index contributed by atoms with van der Waals surface area (Å²) >= 11 is 0. The zero-order chi connectivity index (χ0) is 16.5. The summed E-state index contributed by atoms with van der Waals surface area (Å²) in [4.78, 5) is 0.300. The summed E-state index contributed by atoms with van der Waals surface area (Å²) in [6, 6.07) is 5.14. The first-order valence-corrected chi connectivity index (χ1v) is 8.90. The Morgan fingerprint density at radius 1 is 1.23 bits per heavy atom. The van der Waals surface area contributed by atoms with Crippen molar-refractivity contribution < 1.29 is 17.7 Å². The van der Waals surface area contributed by atoms with E-state index >= 15 is 0 Å². The summed E-state index contributed by atoms with van der Waals surface area (Å²) in [5.74, 6) is 0. The quantitative estimate of drug-likeness (QED) is 0.782. The molecule has 0 aromatic heterocycles. The molecule has 2 rings (SSSR count). The third-order valence-corrected chi connectivity index (χ3v) is 5.59. The van der Waals surface area contributed by atoms with Crippen molar-refractivity contribution >= 4 is 22.6 Å². The van der Waals surface area contributed by atoms with Gasteiger partial charge >= 0.3 is 7.12 Å². The van der Waals surface area contributed by atoms with E-state index in [1.54, 1.807) is 18.2 Å². The van der Waals surface area contributed by atoms with Crippen LogP contribution in [0.4, 0.5) is 0 Å². The van der Waals surface area contributed by atoms with E-state index in [1.807, 2.05) is 6.92 Å². The smallest absolute Gasteiger partial charge is 0.407 e. The first kappa shape index (κ1) is 17.5. The summed E-state index contributed by atoms with van der Waals surface area (Å²) in [7, 11) is -0.777. The van der Waals surface area contributed by atoms with E-state index in [0.717, 1.165) is 17.4 Å². The molecule has 0 N–H and O–H groups in total. The van der Waals surface area contributed by atoms with Crippen LogP contribution in [0.5, 0.6) is 0 Å².